The third kappa shape index (κ3) is 4.13. The van der Waals surface area contributed by atoms with Crippen molar-refractivity contribution >= 4 is 11.7 Å². The van der Waals surface area contributed by atoms with Gasteiger partial charge in [-0.25, -0.2) is 4.98 Å². The fourth-order valence-corrected chi connectivity index (χ4v) is 3.74. The first-order valence-electron chi connectivity index (χ1n) is 10.0. The molecule has 7 nitrogen and oxygen atoms in total. The summed E-state index contributed by atoms with van der Waals surface area (Å²) in [6.07, 6.45) is 2.57. The van der Waals surface area contributed by atoms with E-state index in [4.69, 9.17) is 4.52 Å². The Morgan fingerprint density at radius 2 is 1.86 bits per heavy atom. The van der Waals surface area contributed by atoms with Gasteiger partial charge in [0.2, 0.25) is 17.6 Å². The van der Waals surface area contributed by atoms with Crippen LogP contribution in [0.5, 0.6) is 0 Å². The summed E-state index contributed by atoms with van der Waals surface area (Å²) in [5.41, 5.74) is 1.92. The summed E-state index contributed by atoms with van der Waals surface area (Å²) in [6, 6.07) is 14.0. The van der Waals surface area contributed by atoms with E-state index in [1.807, 2.05) is 47.4 Å². The number of pyridine rings is 1. The van der Waals surface area contributed by atoms with Crippen molar-refractivity contribution in [3.63, 3.8) is 0 Å². The van der Waals surface area contributed by atoms with E-state index in [-0.39, 0.29) is 11.8 Å². The van der Waals surface area contributed by atoms with Gasteiger partial charge in [-0.2, -0.15) is 4.98 Å². The Labute approximate surface area is 170 Å². The van der Waals surface area contributed by atoms with Gasteiger partial charge in [-0.3, -0.25) is 4.79 Å². The maximum absolute atomic E-state index is 13.0. The van der Waals surface area contributed by atoms with Gasteiger partial charge in [0.1, 0.15) is 5.82 Å². The number of hydrogen-bond donors (Lipinski definition) is 0. The summed E-state index contributed by atoms with van der Waals surface area (Å²) in [7, 11) is 0. The van der Waals surface area contributed by atoms with Crippen LogP contribution in [0.15, 0.2) is 53.2 Å². The number of nitrogens with zero attached hydrogens (tertiary/aromatic N) is 5. The second-order valence-electron chi connectivity index (χ2n) is 7.23. The minimum atomic E-state index is -0.0708. The third-order valence-electron chi connectivity index (χ3n) is 5.36. The number of rotatable bonds is 5. The van der Waals surface area contributed by atoms with Gasteiger partial charge in [0.15, 0.2) is 0 Å². The second kappa shape index (κ2) is 8.43. The Bertz CT molecular complexity index is 947. The quantitative estimate of drug-likeness (QED) is 0.664. The van der Waals surface area contributed by atoms with E-state index < -0.39 is 0 Å². The normalized spacial score (nSPS) is 15.4. The molecule has 0 saturated carbocycles. The predicted octanol–water partition coefficient (Wildman–Crippen LogP) is 3.28. The van der Waals surface area contributed by atoms with Gasteiger partial charge in [0, 0.05) is 44.9 Å². The van der Waals surface area contributed by atoms with Gasteiger partial charge < -0.3 is 14.3 Å². The molecule has 2 aromatic heterocycles. The number of carbonyl (C=O) groups is 1. The van der Waals surface area contributed by atoms with Crippen molar-refractivity contribution in [1.82, 2.24) is 20.0 Å². The Hall–Kier alpha value is -3.22. The van der Waals surface area contributed by atoms with Crippen LogP contribution in [0.25, 0.3) is 11.4 Å². The third-order valence-corrected chi connectivity index (χ3v) is 5.36. The van der Waals surface area contributed by atoms with E-state index in [2.05, 4.69) is 26.9 Å². The minimum absolute atomic E-state index is 0.0708. The summed E-state index contributed by atoms with van der Waals surface area (Å²) in [6.45, 7) is 6.78. The monoisotopic (exact) mass is 391 g/mol. The SMILES string of the molecule is CC[C@H](C(=O)N1CCN(c2ccc(-c3noc(C)n3)cn2)CC1)c1ccccc1. The largest absolute Gasteiger partial charge is 0.353 e. The maximum atomic E-state index is 13.0. The lowest BCUT2D eigenvalue weighted by atomic mass is 9.95. The summed E-state index contributed by atoms with van der Waals surface area (Å²) < 4.78 is 5.02. The molecule has 0 aliphatic carbocycles. The molecule has 7 heteroatoms. The Kier molecular flexibility index (Phi) is 5.55. The number of aromatic nitrogens is 3. The van der Waals surface area contributed by atoms with Crippen LogP contribution in [-0.4, -0.2) is 52.1 Å². The first-order valence-corrected chi connectivity index (χ1v) is 10.0. The standard InChI is InChI=1S/C22H25N5O2/c1-3-19(17-7-5-4-6-8-17)22(28)27-13-11-26(12-14-27)20-10-9-18(15-23-20)21-24-16(2)29-25-21/h4-10,15,19H,3,11-14H2,1-2H3/t19-/m0/s1. The molecule has 1 aliphatic heterocycles. The number of aryl methyl sites for hydroxylation is 1. The first kappa shape index (κ1) is 19.1. The van der Waals surface area contributed by atoms with Crippen molar-refractivity contribution in [2.45, 2.75) is 26.2 Å². The zero-order valence-electron chi connectivity index (χ0n) is 16.8. The fourth-order valence-electron chi connectivity index (χ4n) is 3.74. The van der Waals surface area contributed by atoms with Crippen LogP contribution >= 0.6 is 0 Å². The average Bonchev–Trinajstić information content (AvgIpc) is 3.21. The van der Waals surface area contributed by atoms with Gasteiger partial charge in [0.05, 0.1) is 5.92 Å². The van der Waals surface area contributed by atoms with Crippen LogP contribution in [0.2, 0.25) is 0 Å². The summed E-state index contributed by atoms with van der Waals surface area (Å²) >= 11 is 0. The highest BCUT2D eigenvalue weighted by molar-refractivity contribution is 5.84. The smallest absolute Gasteiger partial charge is 0.230 e. The van der Waals surface area contributed by atoms with Gasteiger partial charge in [-0.05, 0) is 24.1 Å². The van der Waals surface area contributed by atoms with Crippen molar-refractivity contribution < 1.29 is 9.32 Å². The zero-order valence-corrected chi connectivity index (χ0v) is 16.8. The van der Waals surface area contributed by atoms with Gasteiger partial charge in [0.25, 0.3) is 0 Å². The molecular formula is C22H25N5O2. The molecule has 0 bridgehead atoms. The number of piperazine rings is 1. The van der Waals surface area contributed by atoms with Crippen molar-refractivity contribution in [2.24, 2.45) is 0 Å². The molecular weight excluding hydrogens is 366 g/mol. The molecule has 4 rings (SSSR count). The van der Waals surface area contributed by atoms with Crippen molar-refractivity contribution in [3.05, 3.63) is 60.1 Å². The number of amides is 1. The molecule has 3 aromatic rings. The molecule has 29 heavy (non-hydrogen) atoms. The van der Waals surface area contributed by atoms with E-state index in [0.717, 1.165) is 36.5 Å². The van der Waals surface area contributed by atoms with E-state index in [0.29, 0.717) is 24.8 Å². The fraction of sp³-hybridized carbons (Fsp3) is 0.364. The van der Waals surface area contributed by atoms with Crippen LogP contribution in [-0.2, 0) is 4.79 Å². The Morgan fingerprint density at radius 3 is 2.45 bits per heavy atom. The van der Waals surface area contributed by atoms with Crippen LogP contribution in [0.4, 0.5) is 5.82 Å². The summed E-state index contributed by atoms with van der Waals surface area (Å²) in [5, 5.41) is 3.92. The molecule has 0 N–H and O–H groups in total. The highest BCUT2D eigenvalue weighted by Gasteiger charge is 2.27. The van der Waals surface area contributed by atoms with Crippen LogP contribution in [0.3, 0.4) is 0 Å². The highest BCUT2D eigenvalue weighted by Crippen LogP contribution is 2.24. The predicted molar refractivity (Wildman–Crippen MR) is 111 cm³/mol. The molecule has 1 aliphatic rings. The Morgan fingerprint density at radius 1 is 1.10 bits per heavy atom. The molecule has 3 heterocycles. The molecule has 1 fully saturated rings. The average molecular weight is 391 g/mol. The van der Waals surface area contributed by atoms with Gasteiger partial charge in [-0.15, -0.1) is 0 Å². The lowest BCUT2D eigenvalue weighted by Gasteiger charge is -2.37. The molecule has 1 aromatic carbocycles. The Balaban J connectivity index is 1.38. The van der Waals surface area contributed by atoms with Crippen molar-refractivity contribution in [1.29, 1.82) is 0 Å². The lowest BCUT2D eigenvalue weighted by molar-refractivity contribution is -0.133. The van der Waals surface area contributed by atoms with Crippen LogP contribution in [0, 0.1) is 6.92 Å². The van der Waals surface area contributed by atoms with Crippen LogP contribution in [0.1, 0.15) is 30.7 Å². The lowest BCUT2D eigenvalue weighted by Crippen LogP contribution is -2.50. The van der Waals surface area contributed by atoms with Gasteiger partial charge in [-0.1, -0.05) is 42.4 Å². The van der Waals surface area contributed by atoms with Crippen molar-refractivity contribution in [2.75, 3.05) is 31.1 Å². The van der Waals surface area contributed by atoms with Gasteiger partial charge >= 0.3 is 0 Å². The second-order valence-corrected chi connectivity index (χ2v) is 7.23. The molecule has 0 unspecified atom stereocenters. The molecule has 1 amide bonds. The van der Waals surface area contributed by atoms with Crippen molar-refractivity contribution in [3.8, 4) is 11.4 Å². The molecule has 1 atom stereocenters. The van der Waals surface area contributed by atoms with E-state index >= 15 is 0 Å². The highest BCUT2D eigenvalue weighted by atomic mass is 16.5. The topological polar surface area (TPSA) is 75.4 Å². The number of anilines is 1. The van der Waals surface area contributed by atoms with E-state index in [1.165, 1.54) is 0 Å². The van der Waals surface area contributed by atoms with E-state index in [9.17, 15) is 4.79 Å². The number of benzene rings is 1. The van der Waals surface area contributed by atoms with Crippen LogP contribution < -0.4 is 4.90 Å². The molecule has 1 saturated heterocycles. The molecule has 150 valence electrons. The maximum Gasteiger partial charge on any atom is 0.230 e. The van der Waals surface area contributed by atoms with E-state index in [1.54, 1.807) is 13.1 Å². The molecule has 0 radical (unpaired) electrons. The zero-order chi connectivity index (χ0) is 20.2. The number of carbonyl (C=O) groups excluding carboxylic acids is 1. The minimum Gasteiger partial charge on any atom is -0.353 e. The number of hydrogen-bond acceptors (Lipinski definition) is 6. The molecule has 0 spiro atoms. The summed E-state index contributed by atoms with van der Waals surface area (Å²) in [4.78, 5) is 26.0. The summed E-state index contributed by atoms with van der Waals surface area (Å²) in [5.74, 6) is 2.12. The first-order chi connectivity index (χ1) is 14.2.